The van der Waals surface area contributed by atoms with Crippen LogP contribution in [-0.2, 0) is 6.54 Å². The summed E-state index contributed by atoms with van der Waals surface area (Å²) in [5.41, 5.74) is 2.17. The number of hydrogen-bond donors (Lipinski definition) is 0. The molecule has 1 aromatic heterocycles. The van der Waals surface area contributed by atoms with E-state index in [0.29, 0.717) is 6.54 Å². The summed E-state index contributed by atoms with van der Waals surface area (Å²) < 4.78 is 0. The number of rotatable bonds is 1. The molecule has 0 unspecified atom stereocenters. The van der Waals surface area contributed by atoms with Crippen LogP contribution in [0.25, 0.3) is 4.85 Å². The molecule has 0 saturated heterocycles. The predicted molar refractivity (Wildman–Crippen MR) is 39.3 cm³/mol. The maximum atomic E-state index is 6.64. The number of hydrogen-bond acceptors (Lipinski definition) is 1. The minimum absolute atomic E-state index is 0.467. The third-order valence-corrected chi connectivity index (χ3v) is 1.39. The van der Waals surface area contributed by atoms with E-state index in [9.17, 15) is 0 Å². The zero-order chi connectivity index (χ0) is 7.40. The lowest BCUT2D eigenvalue weighted by molar-refractivity contribution is 1.15. The maximum Gasteiger partial charge on any atom is 0.240 e. The summed E-state index contributed by atoms with van der Waals surface area (Å²) in [6, 6.07) is 1.88. The van der Waals surface area contributed by atoms with Crippen molar-refractivity contribution in [2.45, 2.75) is 13.5 Å². The van der Waals surface area contributed by atoms with Crippen LogP contribution in [0.5, 0.6) is 0 Å². The predicted octanol–water partition coefficient (Wildman–Crippen LogP) is 1.81. The molecular formula is C8H8N2. The van der Waals surface area contributed by atoms with Crippen LogP contribution in [0, 0.1) is 13.5 Å². The topological polar surface area (TPSA) is 17.2 Å². The van der Waals surface area contributed by atoms with Gasteiger partial charge in [0.2, 0.25) is 6.54 Å². The molecule has 0 bridgehead atoms. The molecule has 1 heterocycles. The Hall–Kier alpha value is -1.36. The Labute approximate surface area is 60.3 Å². The normalized spacial score (nSPS) is 8.80. The maximum absolute atomic E-state index is 6.64. The first kappa shape index (κ1) is 6.76. The Morgan fingerprint density at radius 2 is 2.50 bits per heavy atom. The summed E-state index contributed by atoms with van der Waals surface area (Å²) >= 11 is 0. The van der Waals surface area contributed by atoms with Crippen molar-refractivity contribution in [2.24, 2.45) is 0 Å². The summed E-state index contributed by atoms with van der Waals surface area (Å²) in [6.07, 6.45) is 3.49. The van der Waals surface area contributed by atoms with Gasteiger partial charge < -0.3 is 4.85 Å². The van der Waals surface area contributed by atoms with Crippen molar-refractivity contribution in [1.82, 2.24) is 4.98 Å². The number of nitrogens with zero attached hydrogens (tertiary/aromatic N) is 2. The van der Waals surface area contributed by atoms with Crippen LogP contribution in [0.1, 0.15) is 11.1 Å². The lowest BCUT2D eigenvalue weighted by Gasteiger charge is -1.94. The molecule has 0 amide bonds. The Morgan fingerprint density at radius 3 is 3.10 bits per heavy atom. The fourth-order valence-corrected chi connectivity index (χ4v) is 0.765. The van der Waals surface area contributed by atoms with Gasteiger partial charge in [-0.05, 0) is 18.6 Å². The molecule has 50 valence electrons. The van der Waals surface area contributed by atoms with Crippen molar-refractivity contribution in [2.75, 3.05) is 0 Å². The van der Waals surface area contributed by atoms with Gasteiger partial charge in [-0.3, -0.25) is 4.98 Å². The van der Waals surface area contributed by atoms with Crippen LogP contribution in [0.15, 0.2) is 18.5 Å². The van der Waals surface area contributed by atoms with Gasteiger partial charge >= 0.3 is 0 Å². The monoisotopic (exact) mass is 132 g/mol. The summed E-state index contributed by atoms with van der Waals surface area (Å²) in [5.74, 6) is 0. The summed E-state index contributed by atoms with van der Waals surface area (Å²) in [5, 5.41) is 0. The van der Waals surface area contributed by atoms with E-state index in [0.717, 1.165) is 11.1 Å². The highest BCUT2D eigenvalue weighted by Gasteiger charge is 1.96. The summed E-state index contributed by atoms with van der Waals surface area (Å²) in [7, 11) is 0. The van der Waals surface area contributed by atoms with Crippen LogP contribution in [0.2, 0.25) is 0 Å². The first-order valence-corrected chi connectivity index (χ1v) is 3.07. The van der Waals surface area contributed by atoms with Gasteiger partial charge in [0.15, 0.2) is 0 Å². The molecule has 0 N–H and O–H groups in total. The molecule has 1 rings (SSSR count). The van der Waals surface area contributed by atoms with E-state index in [-0.39, 0.29) is 0 Å². The Kier molecular flexibility index (Phi) is 2.01. The first-order valence-electron chi connectivity index (χ1n) is 3.07. The highest BCUT2D eigenvalue weighted by Crippen LogP contribution is 2.05. The van der Waals surface area contributed by atoms with E-state index in [1.165, 1.54) is 0 Å². The van der Waals surface area contributed by atoms with Crippen LogP contribution < -0.4 is 0 Å². The summed E-state index contributed by atoms with van der Waals surface area (Å²) in [4.78, 5) is 7.21. The highest BCUT2D eigenvalue weighted by atomic mass is 14.6. The molecule has 0 aliphatic rings. The highest BCUT2D eigenvalue weighted by molar-refractivity contribution is 5.22. The Morgan fingerprint density at radius 1 is 1.70 bits per heavy atom. The van der Waals surface area contributed by atoms with Crippen LogP contribution in [0.3, 0.4) is 0 Å². The van der Waals surface area contributed by atoms with Gasteiger partial charge in [0, 0.05) is 18.0 Å². The fraction of sp³-hybridized carbons (Fsp3) is 0.250. The zero-order valence-corrected chi connectivity index (χ0v) is 5.83. The molecule has 2 heteroatoms. The molecule has 1 aromatic rings. The second kappa shape index (κ2) is 2.98. The zero-order valence-electron chi connectivity index (χ0n) is 5.83. The SMILES string of the molecule is [C-]#[N+]Cc1ccncc1C. The van der Waals surface area contributed by atoms with Gasteiger partial charge in [0.25, 0.3) is 0 Å². The molecule has 10 heavy (non-hydrogen) atoms. The number of aryl methyl sites for hydroxylation is 1. The Balaban J connectivity index is 2.94. The smallest absolute Gasteiger partial charge is 0.240 e. The number of aromatic nitrogens is 1. The van der Waals surface area contributed by atoms with Crippen molar-refractivity contribution in [3.05, 3.63) is 41.0 Å². The third-order valence-electron chi connectivity index (χ3n) is 1.39. The quantitative estimate of drug-likeness (QED) is 0.532. The summed E-state index contributed by atoms with van der Waals surface area (Å²) in [6.45, 7) is 9.07. The first-order chi connectivity index (χ1) is 4.84. The van der Waals surface area contributed by atoms with Gasteiger partial charge in [-0.25, -0.2) is 6.57 Å². The van der Waals surface area contributed by atoms with Gasteiger partial charge in [-0.1, -0.05) is 0 Å². The van der Waals surface area contributed by atoms with E-state index in [4.69, 9.17) is 6.57 Å². The molecule has 0 saturated carbocycles. The molecule has 0 aliphatic carbocycles. The minimum Gasteiger partial charge on any atom is -0.312 e. The van der Waals surface area contributed by atoms with Crippen molar-refractivity contribution < 1.29 is 0 Å². The molecule has 0 aromatic carbocycles. The van der Waals surface area contributed by atoms with Gasteiger partial charge in [-0.2, -0.15) is 0 Å². The molecular weight excluding hydrogens is 124 g/mol. The lowest BCUT2D eigenvalue weighted by Crippen LogP contribution is -1.85. The van der Waals surface area contributed by atoms with Crippen LogP contribution in [0.4, 0.5) is 0 Å². The van der Waals surface area contributed by atoms with Crippen LogP contribution >= 0.6 is 0 Å². The van der Waals surface area contributed by atoms with Gasteiger partial charge in [-0.15, -0.1) is 0 Å². The third kappa shape index (κ3) is 1.32. The van der Waals surface area contributed by atoms with Gasteiger partial charge in [0.05, 0.1) is 0 Å². The second-order valence-corrected chi connectivity index (χ2v) is 2.12. The molecule has 0 spiro atoms. The fourth-order valence-electron chi connectivity index (χ4n) is 0.765. The van der Waals surface area contributed by atoms with E-state index in [1.807, 2.05) is 13.0 Å². The van der Waals surface area contributed by atoms with E-state index < -0.39 is 0 Å². The van der Waals surface area contributed by atoms with E-state index in [1.54, 1.807) is 12.4 Å². The average Bonchev–Trinajstić information content (AvgIpc) is 1.94. The standard InChI is InChI=1S/C8H8N2/c1-7-5-10-4-3-8(7)6-9-2/h3-5H,6H2,1H3. The molecule has 0 atom stereocenters. The Bertz CT molecular complexity index is 260. The van der Waals surface area contributed by atoms with E-state index in [2.05, 4.69) is 9.83 Å². The molecule has 0 aliphatic heterocycles. The van der Waals surface area contributed by atoms with E-state index >= 15 is 0 Å². The van der Waals surface area contributed by atoms with Crippen molar-refractivity contribution in [3.8, 4) is 0 Å². The van der Waals surface area contributed by atoms with Crippen LogP contribution in [-0.4, -0.2) is 4.98 Å². The van der Waals surface area contributed by atoms with Crippen molar-refractivity contribution in [1.29, 1.82) is 0 Å². The van der Waals surface area contributed by atoms with Crippen molar-refractivity contribution >= 4 is 0 Å². The largest absolute Gasteiger partial charge is 0.312 e. The lowest BCUT2D eigenvalue weighted by atomic mass is 10.2. The number of pyridine rings is 1. The molecule has 0 fully saturated rings. The molecule has 0 radical (unpaired) electrons. The minimum atomic E-state index is 0.467. The average molecular weight is 132 g/mol. The van der Waals surface area contributed by atoms with Gasteiger partial charge in [0.1, 0.15) is 0 Å². The van der Waals surface area contributed by atoms with Crippen molar-refractivity contribution in [3.63, 3.8) is 0 Å². The molecule has 2 nitrogen and oxygen atoms in total. The second-order valence-electron chi connectivity index (χ2n) is 2.12.